The summed E-state index contributed by atoms with van der Waals surface area (Å²) in [4.78, 5) is 0. The van der Waals surface area contributed by atoms with Crippen molar-refractivity contribution < 1.29 is 20.1 Å². The SMILES string of the molecule is C#C.C1CO1.C=C.CC.CC(O)CO.CCCO. The smallest absolute Gasteiger partial charge is 0.0742 e. The Kier molecular flexibility index (Phi) is 94.0. The van der Waals surface area contributed by atoms with Gasteiger partial charge in [0.05, 0.1) is 25.9 Å². The Balaban J connectivity index is -0.0000000394. The van der Waals surface area contributed by atoms with Crippen molar-refractivity contribution >= 4 is 0 Å². The molecular formula is C14H32O4. The van der Waals surface area contributed by atoms with Crippen LogP contribution >= 0.6 is 0 Å². The maximum Gasteiger partial charge on any atom is 0.0742 e. The highest BCUT2D eigenvalue weighted by molar-refractivity contribution is 4.47. The average Bonchev–Trinajstić information content (AvgIpc) is 3.34. The quantitative estimate of drug-likeness (QED) is 0.404. The molecule has 1 saturated heterocycles. The zero-order valence-corrected chi connectivity index (χ0v) is 12.4. The second-order valence-corrected chi connectivity index (χ2v) is 2.37. The number of terminal acetylenes is 1. The Bertz CT molecular complexity index is 96.5. The minimum atomic E-state index is -0.560. The molecule has 1 unspecified atom stereocenters. The van der Waals surface area contributed by atoms with Crippen molar-refractivity contribution in [3.05, 3.63) is 13.2 Å². The standard InChI is InChI=1S/C3H8O2.C3H8O.C2H4O.C2H6.C2H4.C2H2/c1-3(5)2-4;1-2-3-4;1-2-3-1;3*1-2/h3-5H,2H2,1H3;4H,2-3H2,1H3;1-2H2;1-2H3;1-2H2;1-2H. The summed E-state index contributed by atoms with van der Waals surface area (Å²) >= 11 is 0. The van der Waals surface area contributed by atoms with E-state index in [4.69, 9.17) is 15.3 Å². The van der Waals surface area contributed by atoms with Gasteiger partial charge in [-0.3, -0.25) is 0 Å². The van der Waals surface area contributed by atoms with Crippen LogP contribution < -0.4 is 0 Å². The first kappa shape index (κ1) is 30.3. The zero-order chi connectivity index (χ0) is 15.8. The van der Waals surface area contributed by atoms with E-state index >= 15 is 0 Å². The van der Waals surface area contributed by atoms with Crippen LogP contribution in [0.15, 0.2) is 13.2 Å². The molecule has 1 aliphatic rings. The van der Waals surface area contributed by atoms with Crippen LogP contribution in [0.25, 0.3) is 0 Å². The van der Waals surface area contributed by atoms with Gasteiger partial charge in [0.2, 0.25) is 0 Å². The molecule has 0 amide bonds. The summed E-state index contributed by atoms with van der Waals surface area (Å²) in [6, 6.07) is 0. The molecule has 4 nitrogen and oxygen atoms in total. The van der Waals surface area contributed by atoms with E-state index in [1.54, 1.807) is 0 Å². The number of epoxide rings is 1. The molecular weight excluding hydrogens is 232 g/mol. The largest absolute Gasteiger partial charge is 0.396 e. The van der Waals surface area contributed by atoms with E-state index < -0.39 is 6.10 Å². The Morgan fingerprint density at radius 3 is 1.33 bits per heavy atom. The molecule has 1 rings (SSSR count). The van der Waals surface area contributed by atoms with Crippen molar-refractivity contribution in [1.29, 1.82) is 0 Å². The fourth-order valence-corrected chi connectivity index (χ4v) is 0. The van der Waals surface area contributed by atoms with Gasteiger partial charge in [0.1, 0.15) is 0 Å². The molecule has 0 aliphatic carbocycles. The highest BCUT2D eigenvalue weighted by atomic mass is 16.6. The molecule has 112 valence electrons. The van der Waals surface area contributed by atoms with E-state index in [-0.39, 0.29) is 6.61 Å². The van der Waals surface area contributed by atoms with Crippen molar-refractivity contribution in [2.45, 2.75) is 40.2 Å². The second kappa shape index (κ2) is 55.8. The predicted molar refractivity (Wildman–Crippen MR) is 79.5 cm³/mol. The van der Waals surface area contributed by atoms with Crippen LogP contribution in [0.2, 0.25) is 0 Å². The number of hydrogen-bond acceptors (Lipinski definition) is 4. The van der Waals surface area contributed by atoms with Gasteiger partial charge in [-0.15, -0.1) is 26.0 Å². The fraction of sp³-hybridized carbons (Fsp3) is 0.714. The topological polar surface area (TPSA) is 73.2 Å². The highest BCUT2D eigenvalue weighted by Gasteiger charge is 1.94. The van der Waals surface area contributed by atoms with Crippen LogP contribution in [-0.4, -0.2) is 47.9 Å². The average molecular weight is 264 g/mol. The number of aliphatic hydroxyl groups is 3. The van der Waals surface area contributed by atoms with Gasteiger partial charge in [-0.25, -0.2) is 0 Å². The summed E-state index contributed by atoms with van der Waals surface area (Å²) in [6.07, 6.45) is 8.31. The summed E-state index contributed by atoms with van der Waals surface area (Å²) in [5, 5.41) is 23.9. The van der Waals surface area contributed by atoms with Crippen molar-refractivity contribution in [3.63, 3.8) is 0 Å². The maximum absolute atomic E-state index is 8.11. The molecule has 1 atom stereocenters. The monoisotopic (exact) mass is 264 g/mol. The summed E-state index contributed by atoms with van der Waals surface area (Å²) in [7, 11) is 0. The van der Waals surface area contributed by atoms with Crippen molar-refractivity contribution in [1.82, 2.24) is 0 Å². The van der Waals surface area contributed by atoms with Gasteiger partial charge in [-0.2, -0.15) is 0 Å². The third-order valence-electron chi connectivity index (χ3n) is 0.692. The van der Waals surface area contributed by atoms with E-state index in [2.05, 4.69) is 30.7 Å². The summed E-state index contributed by atoms with van der Waals surface area (Å²) in [5.41, 5.74) is 0. The minimum absolute atomic E-state index is 0.139. The van der Waals surface area contributed by atoms with Gasteiger partial charge in [0.25, 0.3) is 0 Å². The maximum atomic E-state index is 8.11. The lowest BCUT2D eigenvalue weighted by Gasteiger charge is -1.90. The number of hydrogen-bond donors (Lipinski definition) is 3. The molecule has 1 aliphatic heterocycles. The Labute approximate surface area is 113 Å². The van der Waals surface area contributed by atoms with E-state index in [0.29, 0.717) is 6.61 Å². The van der Waals surface area contributed by atoms with Crippen molar-refractivity contribution in [2.24, 2.45) is 0 Å². The van der Waals surface area contributed by atoms with Crippen LogP contribution in [0.3, 0.4) is 0 Å². The Morgan fingerprint density at radius 2 is 1.33 bits per heavy atom. The van der Waals surface area contributed by atoms with Crippen LogP contribution in [0.1, 0.15) is 34.1 Å². The van der Waals surface area contributed by atoms with Crippen molar-refractivity contribution in [2.75, 3.05) is 26.4 Å². The van der Waals surface area contributed by atoms with Gasteiger partial charge < -0.3 is 20.1 Å². The van der Waals surface area contributed by atoms with Crippen molar-refractivity contribution in [3.8, 4) is 12.8 Å². The summed E-state index contributed by atoms with van der Waals surface area (Å²) in [5.74, 6) is 0. The van der Waals surface area contributed by atoms with Gasteiger partial charge in [0, 0.05) is 6.61 Å². The fourth-order valence-electron chi connectivity index (χ4n) is 0. The minimum Gasteiger partial charge on any atom is -0.396 e. The first-order valence-corrected chi connectivity index (χ1v) is 5.99. The third-order valence-corrected chi connectivity index (χ3v) is 0.692. The molecule has 0 aromatic rings. The summed E-state index contributed by atoms with van der Waals surface area (Å²) in [6.45, 7) is 15.6. The lowest BCUT2D eigenvalue weighted by Crippen LogP contribution is -2.03. The Morgan fingerprint density at radius 1 is 1.17 bits per heavy atom. The van der Waals surface area contributed by atoms with Crippen LogP contribution in [0.4, 0.5) is 0 Å². The third kappa shape index (κ3) is 307. The summed E-state index contributed by atoms with van der Waals surface area (Å²) < 4.78 is 4.50. The number of rotatable bonds is 2. The highest BCUT2D eigenvalue weighted by Crippen LogP contribution is 1.84. The van der Waals surface area contributed by atoms with Gasteiger partial charge in [0.15, 0.2) is 0 Å². The molecule has 0 aromatic carbocycles. The molecule has 18 heavy (non-hydrogen) atoms. The molecule has 0 spiro atoms. The first-order valence-electron chi connectivity index (χ1n) is 5.99. The molecule has 3 N–H and O–H groups in total. The molecule has 1 heterocycles. The van der Waals surface area contributed by atoms with Gasteiger partial charge >= 0.3 is 0 Å². The first-order chi connectivity index (χ1) is 8.68. The molecule has 1 fully saturated rings. The zero-order valence-electron chi connectivity index (χ0n) is 12.4. The van der Waals surface area contributed by atoms with E-state index in [1.165, 1.54) is 6.92 Å². The molecule has 0 radical (unpaired) electrons. The lowest BCUT2D eigenvalue weighted by atomic mass is 10.5. The van der Waals surface area contributed by atoms with Crippen LogP contribution in [0, 0.1) is 12.8 Å². The van der Waals surface area contributed by atoms with Gasteiger partial charge in [-0.1, -0.05) is 20.8 Å². The number of ether oxygens (including phenoxy) is 1. The number of aliphatic hydroxyl groups excluding tert-OH is 3. The van der Waals surface area contributed by atoms with Gasteiger partial charge in [-0.05, 0) is 13.3 Å². The normalized spacial score (nSPS) is 10.5. The second-order valence-electron chi connectivity index (χ2n) is 2.37. The van der Waals surface area contributed by atoms with E-state index in [9.17, 15) is 0 Å². The molecule has 4 heteroatoms. The lowest BCUT2D eigenvalue weighted by molar-refractivity contribution is 0.110. The molecule has 0 bridgehead atoms. The molecule has 0 aromatic heterocycles. The predicted octanol–water partition coefficient (Wildman–Crippen LogP) is 1.84. The van der Waals surface area contributed by atoms with Crippen LogP contribution in [0.5, 0.6) is 0 Å². The van der Waals surface area contributed by atoms with E-state index in [1.807, 2.05) is 20.8 Å². The van der Waals surface area contributed by atoms with Crippen LogP contribution in [-0.2, 0) is 4.74 Å². The Hall–Kier alpha value is -0.860. The molecule has 0 saturated carbocycles. The van der Waals surface area contributed by atoms with E-state index in [0.717, 1.165) is 19.6 Å².